The maximum absolute atomic E-state index is 12.9. The van der Waals surface area contributed by atoms with Crippen LogP contribution in [-0.2, 0) is 14.5 Å². The van der Waals surface area contributed by atoms with Crippen molar-refractivity contribution in [3.63, 3.8) is 0 Å². The fourth-order valence-electron chi connectivity index (χ4n) is 4.85. The number of hydrogen-bond acceptors (Lipinski definition) is 7. The Bertz CT molecular complexity index is 1260. The number of pyridine rings is 1. The molecule has 3 aromatic rings. The van der Waals surface area contributed by atoms with Gasteiger partial charge < -0.3 is 9.88 Å². The van der Waals surface area contributed by atoms with Crippen LogP contribution in [0.4, 0.5) is 5.82 Å². The summed E-state index contributed by atoms with van der Waals surface area (Å²) in [6, 6.07) is 6.72. The molecule has 1 saturated carbocycles. The van der Waals surface area contributed by atoms with E-state index in [1.165, 1.54) is 0 Å². The molecule has 1 saturated heterocycles. The van der Waals surface area contributed by atoms with Gasteiger partial charge in [0.15, 0.2) is 5.82 Å². The summed E-state index contributed by atoms with van der Waals surface area (Å²) in [5.41, 5.74) is 2.42. The molecule has 2 fully saturated rings. The van der Waals surface area contributed by atoms with E-state index in [-0.39, 0.29) is 0 Å². The van der Waals surface area contributed by atoms with Gasteiger partial charge in [-0.1, -0.05) is 0 Å². The topological polar surface area (TPSA) is 102 Å². The van der Waals surface area contributed by atoms with E-state index < -0.39 is 14.5 Å². The molecule has 170 valence electrons. The minimum absolute atomic E-state index is 0.295. The van der Waals surface area contributed by atoms with Crippen LogP contribution in [0.3, 0.4) is 0 Å². The third-order valence-electron chi connectivity index (χ3n) is 7.01. The predicted molar refractivity (Wildman–Crippen MR) is 128 cm³/mol. The maximum Gasteiger partial charge on any atom is 0.162 e. The molecule has 8 nitrogen and oxygen atoms in total. The molecule has 1 aliphatic carbocycles. The van der Waals surface area contributed by atoms with Gasteiger partial charge in [-0.2, -0.15) is 0 Å². The van der Waals surface area contributed by atoms with E-state index in [1.807, 2.05) is 24.4 Å². The van der Waals surface area contributed by atoms with E-state index in [1.54, 1.807) is 12.5 Å². The number of nitrogens with one attached hydrogen (secondary N) is 2. The van der Waals surface area contributed by atoms with Crippen molar-refractivity contribution in [2.45, 2.75) is 50.4 Å². The first kappa shape index (κ1) is 21.3. The average molecular weight is 454 g/mol. The van der Waals surface area contributed by atoms with Crippen LogP contribution in [0.5, 0.6) is 0 Å². The Kier molecular flexibility index (Phi) is 5.01. The van der Waals surface area contributed by atoms with Crippen LogP contribution in [0.2, 0.25) is 0 Å². The standard InChI is InChI=1S/C23H31N7OS/c1-15(2)29-11-12-30(16(3)14-29)20-13-19(23(7-8-23)32(4,24)31)27-22(28-20)18-6-10-26-21-17(18)5-9-25-21/h5-6,9-10,13,15-16,24H,7-8,11-12,14H2,1-4H3,(H,25,26)/t16-,32-/m1/s1. The summed E-state index contributed by atoms with van der Waals surface area (Å²) in [5, 5.41) is 0.959. The molecule has 0 bridgehead atoms. The van der Waals surface area contributed by atoms with E-state index in [0.717, 1.165) is 60.6 Å². The largest absolute Gasteiger partial charge is 0.351 e. The van der Waals surface area contributed by atoms with E-state index in [0.29, 0.717) is 17.9 Å². The van der Waals surface area contributed by atoms with Crippen molar-refractivity contribution in [2.24, 2.45) is 0 Å². The van der Waals surface area contributed by atoms with Crippen LogP contribution in [0.15, 0.2) is 30.6 Å². The summed E-state index contributed by atoms with van der Waals surface area (Å²) in [5.74, 6) is 1.47. The highest BCUT2D eigenvalue weighted by Crippen LogP contribution is 2.52. The molecule has 2 N–H and O–H groups in total. The zero-order valence-corrected chi connectivity index (χ0v) is 19.9. The molecular weight excluding hydrogens is 422 g/mol. The highest BCUT2D eigenvalue weighted by atomic mass is 32.2. The van der Waals surface area contributed by atoms with Gasteiger partial charge in [-0.25, -0.2) is 19.2 Å². The molecule has 0 radical (unpaired) electrons. The van der Waals surface area contributed by atoms with E-state index in [4.69, 9.17) is 14.7 Å². The summed E-state index contributed by atoms with van der Waals surface area (Å²) in [6.07, 6.45) is 6.63. The molecule has 32 heavy (non-hydrogen) atoms. The van der Waals surface area contributed by atoms with Gasteiger partial charge in [-0.3, -0.25) is 9.68 Å². The van der Waals surface area contributed by atoms with Crippen molar-refractivity contribution >= 4 is 26.6 Å². The number of rotatable bonds is 5. The number of hydrogen-bond donors (Lipinski definition) is 2. The van der Waals surface area contributed by atoms with Crippen LogP contribution >= 0.6 is 0 Å². The van der Waals surface area contributed by atoms with Crippen LogP contribution in [0.25, 0.3) is 22.4 Å². The molecule has 1 aliphatic heterocycles. The summed E-state index contributed by atoms with van der Waals surface area (Å²) in [7, 11) is -2.79. The number of fused-ring (bicyclic) bond motifs is 1. The number of aromatic nitrogens is 4. The van der Waals surface area contributed by atoms with E-state index in [9.17, 15) is 4.21 Å². The van der Waals surface area contributed by atoms with Gasteiger partial charge in [0.1, 0.15) is 11.5 Å². The molecule has 2 aliphatic rings. The summed E-state index contributed by atoms with van der Waals surface area (Å²) < 4.78 is 20.6. The van der Waals surface area contributed by atoms with Gasteiger partial charge in [0.25, 0.3) is 0 Å². The molecule has 4 heterocycles. The van der Waals surface area contributed by atoms with Crippen molar-refractivity contribution in [2.75, 3.05) is 30.8 Å². The quantitative estimate of drug-likeness (QED) is 0.612. The van der Waals surface area contributed by atoms with Crippen LogP contribution in [0, 0.1) is 4.78 Å². The molecular formula is C23H31N7OS. The molecule has 2 atom stereocenters. The third-order valence-corrected chi connectivity index (χ3v) is 9.12. The Morgan fingerprint density at radius 3 is 2.69 bits per heavy atom. The first-order chi connectivity index (χ1) is 15.2. The number of H-pyrrole nitrogens is 1. The van der Waals surface area contributed by atoms with Crippen molar-refractivity contribution in [3.8, 4) is 11.4 Å². The summed E-state index contributed by atoms with van der Waals surface area (Å²) in [6.45, 7) is 9.52. The zero-order valence-electron chi connectivity index (χ0n) is 19.1. The molecule has 0 spiro atoms. The molecule has 3 aromatic heterocycles. The maximum atomic E-state index is 12.9. The second-order valence-corrected chi connectivity index (χ2v) is 12.0. The smallest absolute Gasteiger partial charge is 0.162 e. The van der Waals surface area contributed by atoms with E-state index in [2.05, 4.69) is 40.5 Å². The second-order valence-electron chi connectivity index (χ2n) is 9.50. The minimum atomic E-state index is -2.79. The first-order valence-corrected chi connectivity index (χ1v) is 13.2. The van der Waals surface area contributed by atoms with Gasteiger partial charge in [0.05, 0.1) is 20.2 Å². The van der Waals surface area contributed by atoms with E-state index >= 15 is 0 Å². The lowest BCUT2D eigenvalue weighted by Gasteiger charge is -2.42. The lowest BCUT2D eigenvalue weighted by atomic mass is 10.1. The Morgan fingerprint density at radius 2 is 2.03 bits per heavy atom. The summed E-state index contributed by atoms with van der Waals surface area (Å²) in [4.78, 5) is 22.3. The second kappa shape index (κ2) is 7.52. The molecule has 9 heteroatoms. The molecule has 0 unspecified atom stereocenters. The normalized spacial score (nSPS) is 22.9. The predicted octanol–water partition coefficient (Wildman–Crippen LogP) is 3.60. The van der Waals surface area contributed by atoms with Gasteiger partial charge >= 0.3 is 0 Å². The number of anilines is 1. The third kappa shape index (κ3) is 3.47. The van der Waals surface area contributed by atoms with Gasteiger partial charge in [-0.15, -0.1) is 0 Å². The Balaban J connectivity index is 1.64. The lowest BCUT2D eigenvalue weighted by Crippen LogP contribution is -2.54. The summed E-state index contributed by atoms with van der Waals surface area (Å²) >= 11 is 0. The number of nitrogens with zero attached hydrogens (tertiary/aromatic N) is 5. The number of piperazine rings is 1. The number of aromatic amines is 1. The molecule has 5 rings (SSSR count). The Labute approximate surface area is 189 Å². The van der Waals surface area contributed by atoms with Gasteiger partial charge in [-0.05, 0) is 45.7 Å². The van der Waals surface area contributed by atoms with Crippen molar-refractivity contribution in [3.05, 3.63) is 36.3 Å². The zero-order chi connectivity index (χ0) is 22.7. The average Bonchev–Trinajstić information content (AvgIpc) is 3.44. The fourth-order valence-corrected chi connectivity index (χ4v) is 6.23. The molecule has 0 aromatic carbocycles. The fraction of sp³-hybridized carbons (Fsp3) is 0.522. The monoisotopic (exact) mass is 453 g/mol. The highest BCUT2D eigenvalue weighted by Gasteiger charge is 2.53. The minimum Gasteiger partial charge on any atom is -0.351 e. The van der Waals surface area contributed by atoms with Gasteiger partial charge in [0.2, 0.25) is 0 Å². The van der Waals surface area contributed by atoms with Crippen molar-refractivity contribution in [1.29, 1.82) is 4.78 Å². The Morgan fingerprint density at radius 1 is 1.25 bits per heavy atom. The highest BCUT2D eigenvalue weighted by molar-refractivity contribution is 7.92. The molecule has 0 amide bonds. The van der Waals surface area contributed by atoms with Gasteiger partial charge in [0, 0.05) is 67.4 Å². The lowest BCUT2D eigenvalue weighted by molar-refractivity contribution is 0.185. The first-order valence-electron chi connectivity index (χ1n) is 11.3. The van der Waals surface area contributed by atoms with Crippen molar-refractivity contribution in [1.82, 2.24) is 24.8 Å². The Hall–Kier alpha value is -2.52. The van der Waals surface area contributed by atoms with Crippen LogP contribution < -0.4 is 4.90 Å². The van der Waals surface area contributed by atoms with Crippen LogP contribution in [0.1, 0.15) is 39.3 Å². The van der Waals surface area contributed by atoms with Crippen LogP contribution in [-0.4, -0.2) is 67.0 Å². The SMILES string of the molecule is CC(C)N1CCN(c2cc(C3([S@](C)(=N)=O)CC3)nc(-c3ccnc4[nH]ccc34)n2)[C@H](C)C1. The van der Waals surface area contributed by atoms with Crippen molar-refractivity contribution < 1.29 is 4.21 Å².